The summed E-state index contributed by atoms with van der Waals surface area (Å²) < 4.78 is 0. The van der Waals surface area contributed by atoms with Crippen LogP contribution in [0.1, 0.15) is 11.1 Å². The molecule has 0 spiro atoms. The Bertz CT molecular complexity index is 842. The highest BCUT2D eigenvalue weighted by Gasteiger charge is 2.16. The Morgan fingerprint density at radius 1 is 0.826 bits per heavy atom. The smallest absolute Gasteiger partial charge is 0.0487 e. The first-order valence-electron chi connectivity index (χ1n) is 7.83. The van der Waals surface area contributed by atoms with E-state index in [0.29, 0.717) is 0 Å². The normalized spacial score (nSPS) is 14.0. The molecule has 0 saturated carbocycles. The van der Waals surface area contributed by atoms with Gasteiger partial charge in [-0.2, -0.15) is 0 Å². The molecule has 23 heavy (non-hydrogen) atoms. The average Bonchev–Trinajstić information content (AvgIpc) is 2.80. The maximum absolute atomic E-state index is 6.58. The van der Waals surface area contributed by atoms with Gasteiger partial charge in [-0.1, -0.05) is 54.1 Å². The van der Waals surface area contributed by atoms with Gasteiger partial charge >= 0.3 is 0 Å². The zero-order chi connectivity index (χ0) is 14.9. The Morgan fingerprint density at radius 3 is 2.48 bits per heavy atom. The van der Waals surface area contributed by atoms with Gasteiger partial charge in [0.1, 0.15) is 0 Å². The molecule has 0 bridgehead atoms. The van der Waals surface area contributed by atoms with E-state index in [1.165, 1.54) is 33.0 Å². The molecule has 118 valence electrons. The van der Waals surface area contributed by atoms with Crippen molar-refractivity contribution in [2.75, 3.05) is 13.1 Å². The van der Waals surface area contributed by atoms with Crippen LogP contribution in [0.3, 0.4) is 0 Å². The highest BCUT2D eigenvalue weighted by atomic mass is 35.5. The molecule has 0 saturated heterocycles. The van der Waals surface area contributed by atoms with Crippen molar-refractivity contribution in [3.63, 3.8) is 0 Å². The lowest BCUT2D eigenvalue weighted by atomic mass is 9.91. The maximum Gasteiger partial charge on any atom is 0.0487 e. The van der Waals surface area contributed by atoms with Gasteiger partial charge in [-0.3, -0.25) is 0 Å². The van der Waals surface area contributed by atoms with Gasteiger partial charge in [-0.15, -0.1) is 12.4 Å². The summed E-state index contributed by atoms with van der Waals surface area (Å²) in [4.78, 5) is 0. The van der Waals surface area contributed by atoms with Crippen LogP contribution in [0.4, 0.5) is 0 Å². The van der Waals surface area contributed by atoms with Gasteiger partial charge < -0.3 is 5.32 Å². The molecule has 1 N–H and O–H groups in total. The van der Waals surface area contributed by atoms with Crippen molar-refractivity contribution in [3.8, 4) is 11.1 Å². The van der Waals surface area contributed by atoms with Gasteiger partial charge in [0.25, 0.3) is 0 Å². The fourth-order valence-corrected chi connectivity index (χ4v) is 3.69. The molecule has 0 amide bonds. The summed E-state index contributed by atoms with van der Waals surface area (Å²) in [6.07, 6.45) is 2.12. The minimum atomic E-state index is 0. The van der Waals surface area contributed by atoms with E-state index < -0.39 is 0 Å². The van der Waals surface area contributed by atoms with Gasteiger partial charge in [-0.05, 0) is 65.5 Å². The zero-order valence-corrected chi connectivity index (χ0v) is 14.4. The first-order chi connectivity index (χ1) is 10.8. The van der Waals surface area contributed by atoms with E-state index in [1.807, 2.05) is 0 Å². The molecule has 1 nitrogen and oxygen atoms in total. The van der Waals surface area contributed by atoms with Crippen LogP contribution in [0.25, 0.3) is 21.9 Å². The molecular weight excluding hydrogens is 325 g/mol. The molecule has 0 radical (unpaired) electrons. The molecule has 0 aliphatic carbocycles. The van der Waals surface area contributed by atoms with Gasteiger partial charge in [0.15, 0.2) is 0 Å². The van der Waals surface area contributed by atoms with E-state index in [-0.39, 0.29) is 12.4 Å². The van der Waals surface area contributed by atoms with Crippen LogP contribution in [-0.4, -0.2) is 13.1 Å². The van der Waals surface area contributed by atoms with Crippen molar-refractivity contribution in [2.45, 2.75) is 12.8 Å². The SMILES string of the molecule is Cl.Clc1ccc2c(c1-c1ccc3ccccc3c1)CCNCC2. The Kier molecular flexibility index (Phi) is 4.91. The maximum atomic E-state index is 6.58. The van der Waals surface area contributed by atoms with Gasteiger partial charge in [0, 0.05) is 10.6 Å². The van der Waals surface area contributed by atoms with E-state index in [1.54, 1.807) is 0 Å². The van der Waals surface area contributed by atoms with Crippen molar-refractivity contribution in [1.82, 2.24) is 5.32 Å². The molecule has 0 unspecified atom stereocenters. The quantitative estimate of drug-likeness (QED) is 0.634. The van der Waals surface area contributed by atoms with E-state index >= 15 is 0 Å². The molecule has 3 aromatic carbocycles. The fraction of sp³-hybridized carbons (Fsp3) is 0.200. The fourth-order valence-electron chi connectivity index (χ4n) is 3.40. The number of hydrogen-bond acceptors (Lipinski definition) is 1. The molecule has 3 heteroatoms. The number of fused-ring (bicyclic) bond motifs is 2. The summed E-state index contributed by atoms with van der Waals surface area (Å²) in [5.74, 6) is 0. The van der Waals surface area contributed by atoms with Crippen molar-refractivity contribution in [3.05, 3.63) is 70.7 Å². The largest absolute Gasteiger partial charge is 0.316 e. The molecule has 0 atom stereocenters. The summed E-state index contributed by atoms with van der Waals surface area (Å²) in [5.41, 5.74) is 5.28. The highest BCUT2D eigenvalue weighted by Crippen LogP contribution is 2.36. The second kappa shape index (κ2) is 6.92. The van der Waals surface area contributed by atoms with E-state index in [9.17, 15) is 0 Å². The number of hydrogen-bond donors (Lipinski definition) is 1. The highest BCUT2D eigenvalue weighted by molar-refractivity contribution is 6.33. The van der Waals surface area contributed by atoms with Crippen LogP contribution >= 0.6 is 24.0 Å². The van der Waals surface area contributed by atoms with Crippen molar-refractivity contribution in [1.29, 1.82) is 0 Å². The van der Waals surface area contributed by atoms with E-state index in [0.717, 1.165) is 31.0 Å². The predicted octanol–water partition coefficient (Wildman–Crippen LogP) is 5.27. The standard InChI is InChI=1S/C20H18ClN.ClH/c21-19-8-7-15-9-11-22-12-10-18(15)20(19)17-6-5-14-3-1-2-4-16(14)13-17;/h1-8,13,22H,9-12H2;1H. The van der Waals surface area contributed by atoms with Crippen molar-refractivity contribution < 1.29 is 0 Å². The third-order valence-corrected chi connectivity index (χ3v) is 4.84. The molecular formula is C20H19Cl2N. The lowest BCUT2D eigenvalue weighted by Gasteiger charge is -2.15. The second-order valence-corrected chi connectivity index (χ2v) is 6.28. The lowest BCUT2D eigenvalue weighted by molar-refractivity contribution is 0.711. The van der Waals surface area contributed by atoms with Crippen LogP contribution in [-0.2, 0) is 12.8 Å². The number of nitrogens with one attached hydrogen (secondary N) is 1. The van der Waals surface area contributed by atoms with Crippen LogP contribution in [0, 0.1) is 0 Å². The molecule has 4 rings (SSSR count). The summed E-state index contributed by atoms with van der Waals surface area (Å²) >= 11 is 6.58. The van der Waals surface area contributed by atoms with Gasteiger partial charge in [0.2, 0.25) is 0 Å². The van der Waals surface area contributed by atoms with Gasteiger partial charge in [-0.25, -0.2) is 0 Å². The van der Waals surface area contributed by atoms with Crippen LogP contribution < -0.4 is 5.32 Å². The first-order valence-corrected chi connectivity index (χ1v) is 8.21. The third-order valence-electron chi connectivity index (χ3n) is 4.52. The van der Waals surface area contributed by atoms with Crippen LogP contribution in [0.5, 0.6) is 0 Å². The zero-order valence-electron chi connectivity index (χ0n) is 12.8. The Labute approximate surface area is 148 Å². The Hall–Kier alpha value is -1.54. The van der Waals surface area contributed by atoms with Crippen LogP contribution in [0.15, 0.2) is 54.6 Å². The Balaban J connectivity index is 0.00000156. The van der Waals surface area contributed by atoms with E-state index in [4.69, 9.17) is 11.6 Å². The van der Waals surface area contributed by atoms with Crippen molar-refractivity contribution in [2.24, 2.45) is 0 Å². The number of halogens is 2. The summed E-state index contributed by atoms with van der Waals surface area (Å²) in [6, 6.07) is 19.4. The summed E-state index contributed by atoms with van der Waals surface area (Å²) in [5, 5.41) is 6.87. The minimum absolute atomic E-state index is 0. The number of benzene rings is 3. The molecule has 0 fully saturated rings. The molecule has 1 aliphatic heterocycles. The topological polar surface area (TPSA) is 12.0 Å². The van der Waals surface area contributed by atoms with Gasteiger partial charge in [0.05, 0.1) is 0 Å². The minimum Gasteiger partial charge on any atom is -0.316 e. The van der Waals surface area contributed by atoms with E-state index in [2.05, 4.69) is 59.9 Å². The predicted molar refractivity (Wildman–Crippen MR) is 102 cm³/mol. The Morgan fingerprint density at radius 2 is 1.61 bits per heavy atom. The summed E-state index contributed by atoms with van der Waals surface area (Å²) in [6.45, 7) is 2.07. The molecule has 0 aromatic heterocycles. The van der Waals surface area contributed by atoms with Crippen molar-refractivity contribution >= 4 is 34.8 Å². The first kappa shape index (κ1) is 16.3. The van der Waals surface area contributed by atoms with Crippen LogP contribution in [0.2, 0.25) is 5.02 Å². The monoisotopic (exact) mass is 343 g/mol. The second-order valence-electron chi connectivity index (χ2n) is 5.87. The molecule has 1 aliphatic rings. The lowest BCUT2D eigenvalue weighted by Crippen LogP contribution is -2.16. The molecule has 3 aromatic rings. The third kappa shape index (κ3) is 3.10. The number of rotatable bonds is 1. The summed E-state index contributed by atoms with van der Waals surface area (Å²) in [7, 11) is 0. The average molecular weight is 344 g/mol. The molecule has 1 heterocycles.